The van der Waals surface area contributed by atoms with E-state index in [1.807, 2.05) is 12.1 Å². The zero-order valence-corrected chi connectivity index (χ0v) is 10.8. The highest BCUT2D eigenvalue weighted by atomic mass is 19.1. The Hall–Kier alpha value is -0.930. The van der Waals surface area contributed by atoms with Crippen LogP contribution < -0.4 is 10.6 Å². The van der Waals surface area contributed by atoms with E-state index in [9.17, 15) is 4.39 Å². The smallest absolute Gasteiger partial charge is 0.126 e. The molecule has 17 heavy (non-hydrogen) atoms. The van der Waals surface area contributed by atoms with Crippen LogP contribution >= 0.6 is 0 Å². The van der Waals surface area contributed by atoms with E-state index >= 15 is 0 Å². The molecule has 0 radical (unpaired) electrons. The molecule has 0 saturated carbocycles. The molecule has 1 rings (SSSR count). The zero-order valence-electron chi connectivity index (χ0n) is 10.8. The highest BCUT2D eigenvalue weighted by Gasteiger charge is 2.02. The van der Waals surface area contributed by atoms with Crippen molar-refractivity contribution in [1.29, 1.82) is 0 Å². The number of rotatable bonds is 8. The van der Waals surface area contributed by atoms with Crippen molar-refractivity contribution < 1.29 is 4.39 Å². The summed E-state index contributed by atoms with van der Waals surface area (Å²) in [4.78, 5) is 0. The first-order valence-electron chi connectivity index (χ1n) is 6.41. The lowest BCUT2D eigenvalue weighted by Crippen LogP contribution is -2.37. The van der Waals surface area contributed by atoms with E-state index in [1.54, 1.807) is 6.07 Å². The van der Waals surface area contributed by atoms with E-state index in [0.29, 0.717) is 6.04 Å². The summed E-state index contributed by atoms with van der Waals surface area (Å²) in [6, 6.07) is 7.39. The highest BCUT2D eigenvalue weighted by molar-refractivity contribution is 5.17. The number of nitrogens with one attached hydrogen (secondary N) is 2. The van der Waals surface area contributed by atoms with E-state index in [1.165, 1.54) is 6.07 Å². The van der Waals surface area contributed by atoms with Gasteiger partial charge in [0.1, 0.15) is 5.82 Å². The van der Waals surface area contributed by atoms with Gasteiger partial charge in [-0.25, -0.2) is 4.39 Å². The fourth-order valence-corrected chi connectivity index (χ4v) is 1.72. The number of halogens is 1. The van der Waals surface area contributed by atoms with Gasteiger partial charge >= 0.3 is 0 Å². The SMILES string of the molecule is CCCNCC(C)NCCc1ccccc1F. The minimum atomic E-state index is -0.105. The molecule has 0 aliphatic heterocycles. The Morgan fingerprint density at radius 2 is 2.00 bits per heavy atom. The van der Waals surface area contributed by atoms with Crippen LogP contribution in [0.25, 0.3) is 0 Å². The summed E-state index contributed by atoms with van der Waals surface area (Å²) in [5, 5.41) is 6.75. The molecular formula is C14H23FN2. The Morgan fingerprint density at radius 3 is 2.71 bits per heavy atom. The van der Waals surface area contributed by atoms with Gasteiger partial charge in [0.05, 0.1) is 0 Å². The summed E-state index contributed by atoms with van der Waals surface area (Å²) in [6.45, 7) is 7.13. The van der Waals surface area contributed by atoms with Crippen LogP contribution in [0.15, 0.2) is 24.3 Å². The van der Waals surface area contributed by atoms with Crippen LogP contribution in [0.5, 0.6) is 0 Å². The van der Waals surface area contributed by atoms with E-state index in [0.717, 1.165) is 38.0 Å². The third-order valence-corrected chi connectivity index (χ3v) is 2.72. The first kappa shape index (κ1) is 14.1. The second-order valence-corrected chi connectivity index (χ2v) is 4.40. The molecule has 1 unspecified atom stereocenters. The van der Waals surface area contributed by atoms with E-state index in [4.69, 9.17) is 0 Å². The Bertz CT molecular complexity index is 315. The fraction of sp³-hybridized carbons (Fsp3) is 0.571. The minimum absolute atomic E-state index is 0.105. The lowest BCUT2D eigenvalue weighted by Gasteiger charge is -2.14. The van der Waals surface area contributed by atoms with Gasteiger partial charge in [0.15, 0.2) is 0 Å². The van der Waals surface area contributed by atoms with Crippen LogP contribution in [0.2, 0.25) is 0 Å². The van der Waals surface area contributed by atoms with Gasteiger partial charge in [-0.15, -0.1) is 0 Å². The fourth-order valence-electron chi connectivity index (χ4n) is 1.72. The highest BCUT2D eigenvalue weighted by Crippen LogP contribution is 2.06. The normalized spacial score (nSPS) is 12.6. The average Bonchev–Trinajstić information content (AvgIpc) is 2.32. The average molecular weight is 238 g/mol. The van der Waals surface area contributed by atoms with Crippen LogP contribution in [0.3, 0.4) is 0 Å². The standard InChI is InChI=1S/C14H23FN2/c1-3-9-16-11-12(2)17-10-8-13-6-4-5-7-14(13)15/h4-7,12,16-17H,3,8-11H2,1-2H3. The Labute approximate surface area is 104 Å². The topological polar surface area (TPSA) is 24.1 Å². The summed E-state index contributed by atoms with van der Waals surface area (Å²) in [5.74, 6) is -0.105. The molecule has 0 aliphatic rings. The van der Waals surface area contributed by atoms with Crippen LogP contribution in [0, 0.1) is 5.82 Å². The van der Waals surface area contributed by atoms with Crippen LogP contribution in [-0.4, -0.2) is 25.7 Å². The van der Waals surface area contributed by atoms with Gasteiger partial charge in [0.2, 0.25) is 0 Å². The number of hydrogen-bond donors (Lipinski definition) is 2. The third-order valence-electron chi connectivity index (χ3n) is 2.72. The van der Waals surface area contributed by atoms with Gasteiger partial charge in [-0.1, -0.05) is 25.1 Å². The summed E-state index contributed by atoms with van der Waals surface area (Å²) < 4.78 is 13.3. The molecule has 2 N–H and O–H groups in total. The van der Waals surface area contributed by atoms with Crippen molar-refractivity contribution in [2.45, 2.75) is 32.7 Å². The van der Waals surface area contributed by atoms with Crippen molar-refractivity contribution in [1.82, 2.24) is 10.6 Å². The van der Waals surface area contributed by atoms with Crippen molar-refractivity contribution in [2.75, 3.05) is 19.6 Å². The molecule has 0 aromatic heterocycles. The molecule has 0 aliphatic carbocycles. The Morgan fingerprint density at radius 1 is 1.24 bits per heavy atom. The van der Waals surface area contributed by atoms with Crippen LogP contribution in [0.1, 0.15) is 25.8 Å². The molecule has 0 bridgehead atoms. The Kier molecular flexibility index (Phi) is 6.82. The monoisotopic (exact) mass is 238 g/mol. The van der Waals surface area contributed by atoms with Gasteiger partial charge < -0.3 is 10.6 Å². The maximum atomic E-state index is 13.3. The minimum Gasteiger partial charge on any atom is -0.315 e. The summed E-state index contributed by atoms with van der Waals surface area (Å²) in [7, 11) is 0. The van der Waals surface area contributed by atoms with Crippen LogP contribution in [-0.2, 0) is 6.42 Å². The first-order chi connectivity index (χ1) is 8.24. The predicted octanol–water partition coefficient (Wildman–Crippen LogP) is 2.35. The second-order valence-electron chi connectivity index (χ2n) is 4.40. The van der Waals surface area contributed by atoms with Gasteiger partial charge in [0, 0.05) is 12.6 Å². The molecule has 1 aromatic rings. The molecule has 96 valence electrons. The zero-order chi connectivity index (χ0) is 12.5. The van der Waals surface area contributed by atoms with Crippen LogP contribution in [0.4, 0.5) is 4.39 Å². The molecule has 0 spiro atoms. The summed E-state index contributed by atoms with van der Waals surface area (Å²) in [5.41, 5.74) is 0.786. The van der Waals surface area contributed by atoms with Gasteiger partial charge in [-0.3, -0.25) is 0 Å². The molecule has 1 atom stereocenters. The molecule has 0 fully saturated rings. The molecule has 0 heterocycles. The molecule has 0 amide bonds. The van der Waals surface area contributed by atoms with E-state index in [-0.39, 0.29) is 5.82 Å². The van der Waals surface area contributed by atoms with Crippen molar-refractivity contribution >= 4 is 0 Å². The van der Waals surface area contributed by atoms with E-state index in [2.05, 4.69) is 24.5 Å². The second kappa shape index (κ2) is 8.20. The van der Waals surface area contributed by atoms with E-state index < -0.39 is 0 Å². The van der Waals surface area contributed by atoms with Crippen molar-refractivity contribution in [2.24, 2.45) is 0 Å². The first-order valence-corrected chi connectivity index (χ1v) is 6.41. The maximum absolute atomic E-state index is 13.3. The van der Waals surface area contributed by atoms with Gasteiger partial charge in [-0.05, 0) is 44.5 Å². The summed E-state index contributed by atoms with van der Waals surface area (Å²) >= 11 is 0. The van der Waals surface area contributed by atoms with Gasteiger partial charge in [-0.2, -0.15) is 0 Å². The lowest BCUT2D eigenvalue weighted by atomic mass is 10.1. The molecule has 2 nitrogen and oxygen atoms in total. The molecule has 3 heteroatoms. The number of hydrogen-bond acceptors (Lipinski definition) is 2. The van der Waals surface area contributed by atoms with Gasteiger partial charge in [0.25, 0.3) is 0 Å². The predicted molar refractivity (Wildman–Crippen MR) is 70.7 cm³/mol. The van der Waals surface area contributed by atoms with Crippen molar-refractivity contribution in [3.05, 3.63) is 35.6 Å². The van der Waals surface area contributed by atoms with Crippen molar-refractivity contribution in [3.8, 4) is 0 Å². The largest absolute Gasteiger partial charge is 0.315 e. The third kappa shape index (κ3) is 5.80. The molecule has 1 aromatic carbocycles. The summed E-state index contributed by atoms with van der Waals surface area (Å²) in [6.07, 6.45) is 1.90. The maximum Gasteiger partial charge on any atom is 0.126 e. The molecular weight excluding hydrogens is 215 g/mol. The lowest BCUT2D eigenvalue weighted by molar-refractivity contribution is 0.500. The Balaban J connectivity index is 2.17. The molecule has 0 saturated heterocycles. The quantitative estimate of drug-likeness (QED) is 0.679. The number of benzene rings is 1. The van der Waals surface area contributed by atoms with Crippen molar-refractivity contribution in [3.63, 3.8) is 0 Å².